The van der Waals surface area contributed by atoms with Gasteiger partial charge >= 0.3 is 0 Å². The number of nitrogens with zero attached hydrogens (tertiary/aromatic N) is 1. The van der Waals surface area contributed by atoms with Crippen molar-refractivity contribution in [3.05, 3.63) is 23.8 Å². The first-order valence-corrected chi connectivity index (χ1v) is 6.73. The number of rotatable bonds is 1. The molecule has 0 spiro atoms. The molecule has 0 unspecified atom stereocenters. The summed E-state index contributed by atoms with van der Waals surface area (Å²) in [6.45, 7) is 3.01. The lowest BCUT2D eigenvalue weighted by molar-refractivity contribution is 0.0782. The second-order valence-electron chi connectivity index (χ2n) is 5.39. The number of benzene rings is 1. The monoisotopic (exact) mass is 260 g/mol. The summed E-state index contributed by atoms with van der Waals surface area (Å²) in [5.41, 5.74) is 0.684. The number of carbonyl (C=O) groups is 1. The minimum atomic E-state index is 0.0921. The summed E-state index contributed by atoms with van der Waals surface area (Å²) in [5, 5.41) is 3.46. The van der Waals surface area contributed by atoms with E-state index in [9.17, 15) is 4.79 Å². The number of ether oxygens (including phenoxy) is 2. The first-order chi connectivity index (χ1) is 9.31. The molecule has 1 aromatic carbocycles. The number of carbonyl (C=O) groups excluding carboxylic acids is 1. The summed E-state index contributed by atoms with van der Waals surface area (Å²) in [6, 6.07) is 5.90. The predicted octanol–water partition coefficient (Wildman–Crippen LogP) is 0.849. The number of nitrogens with one attached hydrogen (secondary N) is 1. The number of likely N-dealkylation sites (tertiary alicyclic amines) is 1. The van der Waals surface area contributed by atoms with Crippen LogP contribution >= 0.6 is 0 Å². The quantitative estimate of drug-likeness (QED) is 0.813. The molecule has 1 N–H and O–H groups in total. The van der Waals surface area contributed by atoms with Crippen molar-refractivity contribution in [2.24, 2.45) is 5.92 Å². The Labute approximate surface area is 111 Å². The van der Waals surface area contributed by atoms with Gasteiger partial charge in [-0.15, -0.1) is 0 Å². The summed E-state index contributed by atoms with van der Waals surface area (Å²) in [7, 11) is 0. The molecule has 0 saturated carbocycles. The predicted molar refractivity (Wildman–Crippen MR) is 68.4 cm³/mol. The van der Waals surface area contributed by atoms with E-state index in [1.165, 1.54) is 6.42 Å². The molecular formula is C14H16N2O3. The van der Waals surface area contributed by atoms with Crippen LogP contribution in [-0.4, -0.2) is 43.3 Å². The largest absolute Gasteiger partial charge is 0.454 e. The van der Waals surface area contributed by atoms with Crippen molar-refractivity contribution in [1.82, 2.24) is 10.2 Å². The minimum Gasteiger partial charge on any atom is -0.454 e. The summed E-state index contributed by atoms with van der Waals surface area (Å²) in [6.07, 6.45) is 1.18. The normalized spacial score (nSPS) is 27.7. The van der Waals surface area contributed by atoms with Gasteiger partial charge in [-0.25, -0.2) is 0 Å². The molecule has 0 aliphatic carbocycles. The van der Waals surface area contributed by atoms with Crippen LogP contribution in [0, 0.1) is 5.92 Å². The Kier molecular flexibility index (Phi) is 2.41. The van der Waals surface area contributed by atoms with E-state index in [1.54, 1.807) is 6.07 Å². The van der Waals surface area contributed by atoms with Gasteiger partial charge in [-0.3, -0.25) is 4.79 Å². The van der Waals surface area contributed by atoms with Crippen LogP contribution in [0.5, 0.6) is 11.5 Å². The van der Waals surface area contributed by atoms with E-state index in [-0.39, 0.29) is 12.7 Å². The Bertz CT molecular complexity index is 519. The first-order valence-electron chi connectivity index (χ1n) is 6.73. The number of fused-ring (bicyclic) bond motifs is 2. The summed E-state index contributed by atoms with van der Waals surface area (Å²) in [4.78, 5) is 14.4. The van der Waals surface area contributed by atoms with Crippen molar-refractivity contribution in [3.8, 4) is 11.5 Å². The minimum absolute atomic E-state index is 0.0921. The molecule has 0 radical (unpaired) electrons. The van der Waals surface area contributed by atoms with Gasteiger partial charge in [-0.05, 0) is 37.1 Å². The number of hydrogen-bond donors (Lipinski definition) is 1. The zero-order valence-electron chi connectivity index (χ0n) is 10.6. The molecule has 3 heterocycles. The van der Waals surface area contributed by atoms with Crippen molar-refractivity contribution in [1.29, 1.82) is 0 Å². The van der Waals surface area contributed by atoms with Gasteiger partial charge in [0.05, 0.1) is 0 Å². The molecule has 1 aromatic rings. The van der Waals surface area contributed by atoms with Gasteiger partial charge in [-0.1, -0.05) is 0 Å². The fourth-order valence-corrected chi connectivity index (χ4v) is 3.23. The van der Waals surface area contributed by atoms with Gasteiger partial charge in [0.2, 0.25) is 6.79 Å². The van der Waals surface area contributed by atoms with Crippen LogP contribution in [0.2, 0.25) is 0 Å². The summed E-state index contributed by atoms with van der Waals surface area (Å²) >= 11 is 0. The van der Waals surface area contributed by atoms with E-state index >= 15 is 0 Å². The van der Waals surface area contributed by atoms with Crippen LogP contribution in [0.25, 0.3) is 0 Å². The van der Waals surface area contributed by atoms with Crippen molar-refractivity contribution < 1.29 is 14.3 Å². The van der Waals surface area contributed by atoms with Gasteiger partial charge < -0.3 is 19.7 Å². The molecule has 2 saturated heterocycles. The van der Waals surface area contributed by atoms with Gasteiger partial charge in [0.1, 0.15) is 0 Å². The van der Waals surface area contributed by atoms with Crippen LogP contribution in [0.15, 0.2) is 18.2 Å². The highest BCUT2D eigenvalue weighted by Crippen LogP contribution is 2.33. The summed E-state index contributed by atoms with van der Waals surface area (Å²) < 4.78 is 10.6. The average Bonchev–Trinajstić information content (AvgIpc) is 3.11. The molecule has 4 rings (SSSR count). The van der Waals surface area contributed by atoms with E-state index < -0.39 is 0 Å². The third kappa shape index (κ3) is 1.76. The highest BCUT2D eigenvalue weighted by atomic mass is 16.7. The van der Waals surface area contributed by atoms with Crippen LogP contribution in [0.3, 0.4) is 0 Å². The molecular weight excluding hydrogens is 244 g/mol. The molecule has 3 aliphatic rings. The second kappa shape index (κ2) is 4.13. The smallest absolute Gasteiger partial charge is 0.254 e. The van der Waals surface area contributed by atoms with Crippen LogP contribution in [0.1, 0.15) is 16.8 Å². The Hall–Kier alpha value is -1.75. The lowest BCUT2D eigenvalue weighted by atomic mass is 10.1. The van der Waals surface area contributed by atoms with Crippen LogP contribution in [0.4, 0.5) is 0 Å². The fourth-order valence-electron chi connectivity index (χ4n) is 3.23. The van der Waals surface area contributed by atoms with E-state index in [2.05, 4.69) is 5.32 Å². The highest BCUT2D eigenvalue weighted by Gasteiger charge is 2.38. The topological polar surface area (TPSA) is 50.8 Å². The molecule has 100 valence electrons. The number of amides is 1. The van der Waals surface area contributed by atoms with Gasteiger partial charge in [0, 0.05) is 24.7 Å². The van der Waals surface area contributed by atoms with Gasteiger partial charge in [-0.2, -0.15) is 0 Å². The Morgan fingerprint density at radius 1 is 1.26 bits per heavy atom. The molecule has 2 fully saturated rings. The molecule has 19 heavy (non-hydrogen) atoms. The molecule has 1 amide bonds. The molecule has 2 atom stereocenters. The SMILES string of the molecule is O=C(c1ccc2c(c1)OCO2)N1C[C@@H]2CCN[C@@H]2C1. The van der Waals surface area contributed by atoms with E-state index in [0.29, 0.717) is 23.3 Å². The molecule has 5 heteroatoms. The highest BCUT2D eigenvalue weighted by molar-refractivity contribution is 5.95. The third-order valence-corrected chi connectivity index (χ3v) is 4.27. The third-order valence-electron chi connectivity index (χ3n) is 4.27. The lowest BCUT2D eigenvalue weighted by Gasteiger charge is -2.17. The average molecular weight is 260 g/mol. The number of hydrogen-bond acceptors (Lipinski definition) is 4. The van der Waals surface area contributed by atoms with Crippen LogP contribution < -0.4 is 14.8 Å². The summed E-state index contributed by atoms with van der Waals surface area (Å²) in [5.74, 6) is 2.10. The molecule has 5 nitrogen and oxygen atoms in total. The molecule has 0 aromatic heterocycles. The maximum atomic E-state index is 12.5. The Morgan fingerprint density at radius 3 is 3.05 bits per heavy atom. The Balaban J connectivity index is 1.54. The van der Waals surface area contributed by atoms with Gasteiger partial charge in [0.15, 0.2) is 11.5 Å². The van der Waals surface area contributed by atoms with Gasteiger partial charge in [0.25, 0.3) is 5.91 Å². The van der Waals surface area contributed by atoms with Crippen LogP contribution in [-0.2, 0) is 0 Å². The lowest BCUT2D eigenvalue weighted by Crippen LogP contribution is -2.33. The van der Waals surface area contributed by atoms with Crippen molar-refractivity contribution >= 4 is 5.91 Å². The Morgan fingerprint density at radius 2 is 2.16 bits per heavy atom. The maximum absolute atomic E-state index is 12.5. The standard InChI is InChI=1S/C14H16N2O3/c17-14(16-6-10-3-4-15-11(10)7-16)9-1-2-12-13(5-9)19-8-18-12/h1-2,5,10-11,15H,3-4,6-8H2/t10-,11+/m0/s1. The first kappa shape index (κ1) is 11.1. The van der Waals surface area contributed by atoms with Crippen molar-refractivity contribution in [2.75, 3.05) is 26.4 Å². The molecule has 0 bridgehead atoms. The van der Waals surface area contributed by atoms with E-state index in [1.807, 2.05) is 17.0 Å². The van der Waals surface area contributed by atoms with E-state index in [0.717, 1.165) is 25.4 Å². The maximum Gasteiger partial charge on any atom is 0.254 e. The van der Waals surface area contributed by atoms with E-state index in [4.69, 9.17) is 9.47 Å². The zero-order chi connectivity index (χ0) is 12.8. The zero-order valence-corrected chi connectivity index (χ0v) is 10.6. The molecule has 3 aliphatic heterocycles. The second-order valence-corrected chi connectivity index (χ2v) is 5.39. The van der Waals surface area contributed by atoms with Crippen molar-refractivity contribution in [2.45, 2.75) is 12.5 Å². The fraction of sp³-hybridized carbons (Fsp3) is 0.500. The van der Waals surface area contributed by atoms with Crippen molar-refractivity contribution in [3.63, 3.8) is 0 Å².